The summed E-state index contributed by atoms with van der Waals surface area (Å²) >= 11 is 0. The predicted molar refractivity (Wildman–Crippen MR) is 64.3 cm³/mol. The van der Waals surface area contributed by atoms with Gasteiger partial charge in [0.1, 0.15) is 6.04 Å². The molecule has 0 saturated carbocycles. The minimum atomic E-state index is -1.02. The number of hydrogen-bond donors (Lipinski definition) is 2. The van der Waals surface area contributed by atoms with E-state index >= 15 is 0 Å². The largest absolute Gasteiger partial charge is 0.481 e. The maximum atomic E-state index is 11.5. The van der Waals surface area contributed by atoms with Gasteiger partial charge in [-0.1, -0.05) is 30.3 Å². The number of rotatable bonds is 5. The number of amides is 1. The zero-order valence-corrected chi connectivity index (χ0v) is 10.0. The van der Waals surface area contributed by atoms with E-state index in [1.807, 2.05) is 30.3 Å². The minimum Gasteiger partial charge on any atom is -0.481 e. The number of nitrogens with one attached hydrogen (secondary N) is 1. The highest BCUT2D eigenvalue weighted by atomic mass is 16.6. The van der Waals surface area contributed by atoms with Crippen LogP contribution in [0, 0.1) is 5.92 Å². The number of cyclic esters (lactones) is 2. The molecule has 1 fully saturated rings. The number of carboxylic acids is 1. The normalized spacial score (nSPS) is 19.7. The van der Waals surface area contributed by atoms with Gasteiger partial charge in [-0.15, -0.1) is 0 Å². The van der Waals surface area contributed by atoms with Gasteiger partial charge in [0.2, 0.25) is 0 Å². The smallest absolute Gasteiger partial charge is 0.415 e. The zero-order chi connectivity index (χ0) is 13.8. The molecule has 1 aromatic rings. The SMILES string of the molecule is O=C(O)CC(Cc1ccccc1)[C@@H]1NC(=O)OC1=O. The van der Waals surface area contributed by atoms with E-state index < -0.39 is 30.0 Å². The first-order chi connectivity index (χ1) is 9.06. The lowest BCUT2D eigenvalue weighted by Crippen LogP contribution is -2.38. The Morgan fingerprint density at radius 3 is 2.53 bits per heavy atom. The van der Waals surface area contributed by atoms with Crippen LogP contribution in [0.2, 0.25) is 0 Å². The quantitative estimate of drug-likeness (QED) is 0.609. The van der Waals surface area contributed by atoms with E-state index in [-0.39, 0.29) is 6.42 Å². The molecule has 2 rings (SSSR count). The molecule has 0 spiro atoms. The van der Waals surface area contributed by atoms with E-state index in [0.29, 0.717) is 6.42 Å². The number of carbonyl (C=O) groups is 3. The summed E-state index contributed by atoms with van der Waals surface area (Å²) in [5, 5.41) is 11.3. The number of esters is 1. The third-order valence-electron chi connectivity index (χ3n) is 2.97. The van der Waals surface area contributed by atoms with E-state index in [9.17, 15) is 14.4 Å². The van der Waals surface area contributed by atoms with E-state index in [1.54, 1.807) is 0 Å². The summed E-state index contributed by atoms with van der Waals surface area (Å²) in [5.74, 6) is -2.26. The molecule has 2 N–H and O–H groups in total. The summed E-state index contributed by atoms with van der Waals surface area (Å²) in [6.45, 7) is 0. The summed E-state index contributed by atoms with van der Waals surface area (Å²) in [4.78, 5) is 33.4. The van der Waals surface area contributed by atoms with E-state index in [2.05, 4.69) is 10.1 Å². The van der Waals surface area contributed by atoms with Gasteiger partial charge < -0.3 is 15.2 Å². The lowest BCUT2D eigenvalue weighted by molar-refractivity contribution is -0.139. The van der Waals surface area contributed by atoms with Crippen molar-refractivity contribution in [3.8, 4) is 0 Å². The fourth-order valence-electron chi connectivity index (χ4n) is 2.13. The Bertz CT molecular complexity index is 499. The summed E-state index contributed by atoms with van der Waals surface area (Å²) in [7, 11) is 0. The summed E-state index contributed by atoms with van der Waals surface area (Å²) in [5.41, 5.74) is 0.905. The molecule has 100 valence electrons. The molecule has 1 aliphatic heterocycles. The second-order valence-corrected chi connectivity index (χ2v) is 4.38. The average molecular weight is 263 g/mol. The van der Waals surface area contributed by atoms with Crippen LogP contribution in [0.25, 0.3) is 0 Å². The van der Waals surface area contributed by atoms with Crippen molar-refractivity contribution in [3.63, 3.8) is 0 Å². The molecule has 0 aromatic heterocycles. The molecule has 2 atom stereocenters. The first-order valence-corrected chi connectivity index (χ1v) is 5.84. The van der Waals surface area contributed by atoms with Crippen LogP contribution < -0.4 is 5.32 Å². The molecule has 1 amide bonds. The van der Waals surface area contributed by atoms with Crippen molar-refractivity contribution < 1.29 is 24.2 Å². The van der Waals surface area contributed by atoms with Gasteiger partial charge in [-0.05, 0) is 12.0 Å². The van der Waals surface area contributed by atoms with E-state index in [1.165, 1.54) is 0 Å². The van der Waals surface area contributed by atoms with Gasteiger partial charge in [0, 0.05) is 5.92 Å². The summed E-state index contributed by atoms with van der Waals surface area (Å²) in [6.07, 6.45) is -0.652. The molecule has 0 aliphatic carbocycles. The van der Waals surface area contributed by atoms with Crippen molar-refractivity contribution in [1.82, 2.24) is 5.32 Å². The molecule has 6 heteroatoms. The highest BCUT2D eigenvalue weighted by Gasteiger charge is 2.39. The van der Waals surface area contributed by atoms with Crippen LogP contribution in [0.1, 0.15) is 12.0 Å². The van der Waals surface area contributed by atoms with Gasteiger partial charge in [-0.25, -0.2) is 9.59 Å². The van der Waals surface area contributed by atoms with E-state index in [0.717, 1.165) is 5.56 Å². The Morgan fingerprint density at radius 2 is 2.00 bits per heavy atom. The first-order valence-electron chi connectivity index (χ1n) is 5.84. The van der Waals surface area contributed by atoms with Crippen LogP contribution in [0.3, 0.4) is 0 Å². The molecular weight excluding hydrogens is 250 g/mol. The monoisotopic (exact) mass is 263 g/mol. The lowest BCUT2D eigenvalue weighted by Gasteiger charge is -2.18. The van der Waals surface area contributed by atoms with Crippen molar-refractivity contribution in [3.05, 3.63) is 35.9 Å². The van der Waals surface area contributed by atoms with Crippen LogP contribution in [0.5, 0.6) is 0 Å². The van der Waals surface area contributed by atoms with Crippen LogP contribution in [0.4, 0.5) is 4.79 Å². The maximum absolute atomic E-state index is 11.5. The van der Waals surface area contributed by atoms with Crippen molar-refractivity contribution in [2.75, 3.05) is 0 Å². The maximum Gasteiger partial charge on any atom is 0.415 e. The molecular formula is C13H13NO5. The lowest BCUT2D eigenvalue weighted by atomic mass is 9.89. The zero-order valence-electron chi connectivity index (χ0n) is 10.0. The molecule has 6 nitrogen and oxygen atoms in total. The van der Waals surface area contributed by atoms with Crippen molar-refractivity contribution in [2.24, 2.45) is 5.92 Å². The minimum absolute atomic E-state index is 0.213. The van der Waals surface area contributed by atoms with Crippen LogP contribution >= 0.6 is 0 Å². The predicted octanol–water partition coefficient (Wildman–Crippen LogP) is 0.955. The fraction of sp³-hybridized carbons (Fsp3) is 0.308. The van der Waals surface area contributed by atoms with E-state index in [4.69, 9.17) is 5.11 Å². The van der Waals surface area contributed by atoms with Gasteiger partial charge in [-0.3, -0.25) is 4.79 Å². The van der Waals surface area contributed by atoms with Crippen LogP contribution in [0.15, 0.2) is 30.3 Å². The number of aliphatic carboxylic acids is 1. The van der Waals surface area contributed by atoms with Crippen molar-refractivity contribution in [2.45, 2.75) is 18.9 Å². The number of benzene rings is 1. The molecule has 1 aliphatic rings. The Labute approximate surface area is 109 Å². The van der Waals surface area contributed by atoms with Crippen LogP contribution in [-0.4, -0.2) is 29.2 Å². The molecule has 1 saturated heterocycles. The number of ether oxygens (including phenoxy) is 1. The van der Waals surface area contributed by atoms with Crippen molar-refractivity contribution in [1.29, 1.82) is 0 Å². The van der Waals surface area contributed by atoms with Gasteiger partial charge in [0.15, 0.2) is 0 Å². The first kappa shape index (κ1) is 13.1. The topological polar surface area (TPSA) is 92.7 Å². The Balaban J connectivity index is 2.14. The fourth-order valence-corrected chi connectivity index (χ4v) is 2.13. The standard InChI is InChI=1S/C13H13NO5/c15-10(16)7-9(6-8-4-2-1-3-5-8)11-12(17)19-13(18)14-11/h1-5,9,11H,6-7H2,(H,14,18)(H,15,16)/t9?,11-/m0/s1. The van der Waals surface area contributed by atoms with Crippen molar-refractivity contribution >= 4 is 18.0 Å². The Hall–Kier alpha value is -2.37. The Morgan fingerprint density at radius 1 is 1.32 bits per heavy atom. The summed E-state index contributed by atoms with van der Waals surface area (Å²) < 4.78 is 4.39. The number of hydrogen-bond acceptors (Lipinski definition) is 4. The van der Waals surface area contributed by atoms with Crippen LogP contribution in [-0.2, 0) is 20.7 Å². The Kier molecular flexibility index (Phi) is 3.79. The highest BCUT2D eigenvalue weighted by Crippen LogP contribution is 2.20. The highest BCUT2D eigenvalue weighted by molar-refractivity contribution is 5.95. The van der Waals surface area contributed by atoms with Gasteiger partial charge in [0.25, 0.3) is 0 Å². The van der Waals surface area contributed by atoms with Gasteiger partial charge >= 0.3 is 18.0 Å². The molecule has 0 radical (unpaired) electrons. The van der Waals surface area contributed by atoms with Gasteiger partial charge in [0.05, 0.1) is 6.42 Å². The number of carbonyl (C=O) groups excluding carboxylic acids is 2. The third kappa shape index (κ3) is 3.31. The third-order valence-corrected chi connectivity index (χ3v) is 2.97. The summed E-state index contributed by atoms with van der Waals surface area (Å²) in [6, 6.07) is 8.30. The second kappa shape index (κ2) is 5.51. The van der Waals surface area contributed by atoms with Gasteiger partial charge in [-0.2, -0.15) is 0 Å². The molecule has 0 bridgehead atoms. The molecule has 1 aromatic carbocycles. The average Bonchev–Trinajstić information content (AvgIpc) is 2.68. The number of carboxylic acid groups (broad SMARTS) is 1. The molecule has 19 heavy (non-hydrogen) atoms. The molecule has 1 heterocycles. The second-order valence-electron chi connectivity index (χ2n) is 4.38. The molecule has 1 unspecified atom stereocenters. The number of alkyl carbamates (subject to hydrolysis) is 1.